The predicted molar refractivity (Wildman–Crippen MR) is 69.5 cm³/mol. The van der Waals surface area contributed by atoms with Gasteiger partial charge in [-0.15, -0.1) is 0 Å². The highest BCUT2D eigenvalue weighted by Gasteiger charge is 2.34. The van der Waals surface area contributed by atoms with Gasteiger partial charge in [0, 0.05) is 12.6 Å². The average Bonchev–Trinajstić information content (AvgIpc) is 2.09. The first-order valence-electron chi connectivity index (χ1n) is 6.87. The van der Waals surface area contributed by atoms with Crippen LogP contribution < -0.4 is 5.32 Å². The second-order valence-corrected chi connectivity index (χ2v) is 6.41. The number of hydrogen-bond acceptors (Lipinski definition) is 2. The van der Waals surface area contributed by atoms with Gasteiger partial charge in [-0.05, 0) is 43.9 Å². The van der Waals surface area contributed by atoms with Crippen LogP contribution in [0.15, 0.2) is 0 Å². The molecule has 0 aromatic heterocycles. The molecule has 0 radical (unpaired) electrons. The average molecular weight is 227 g/mol. The molecule has 1 rings (SSSR count). The second kappa shape index (κ2) is 6.02. The maximum absolute atomic E-state index is 10.1. The van der Waals surface area contributed by atoms with E-state index in [1.807, 2.05) is 0 Å². The molecule has 0 aromatic carbocycles. The minimum Gasteiger partial charge on any atom is -0.389 e. The minimum atomic E-state index is -0.383. The lowest BCUT2D eigenvalue weighted by atomic mass is 9.80. The van der Waals surface area contributed by atoms with Gasteiger partial charge in [0.25, 0.3) is 0 Å². The third-order valence-corrected chi connectivity index (χ3v) is 3.52. The molecule has 0 saturated heterocycles. The van der Waals surface area contributed by atoms with E-state index in [-0.39, 0.29) is 5.60 Å². The summed E-state index contributed by atoms with van der Waals surface area (Å²) in [5.41, 5.74) is -0.383. The Balaban J connectivity index is 2.30. The third kappa shape index (κ3) is 4.84. The van der Waals surface area contributed by atoms with Crippen LogP contribution in [0.4, 0.5) is 0 Å². The molecule has 0 heterocycles. The third-order valence-electron chi connectivity index (χ3n) is 3.52. The van der Waals surface area contributed by atoms with Crippen LogP contribution in [0.5, 0.6) is 0 Å². The zero-order valence-corrected chi connectivity index (χ0v) is 11.4. The fourth-order valence-corrected chi connectivity index (χ4v) is 2.50. The number of rotatable bonds is 7. The lowest BCUT2D eigenvalue weighted by Crippen LogP contribution is -2.49. The molecule has 2 nitrogen and oxygen atoms in total. The van der Waals surface area contributed by atoms with Gasteiger partial charge in [0.1, 0.15) is 0 Å². The van der Waals surface area contributed by atoms with E-state index < -0.39 is 0 Å². The van der Waals surface area contributed by atoms with E-state index in [0.29, 0.717) is 6.04 Å². The molecule has 1 aliphatic carbocycles. The van der Waals surface area contributed by atoms with Gasteiger partial charge in [-0.1, -0.05) is 27.7 Å². The van der Waals surface area contributed by atoms with Crippen molar-refractivity contribution in [3.05, 3.63) is 0 Å². The molecule has 0 bridgehead atoms. The smallest absolute Gasteiger partial charge is 0.0771 e. The number of hydrogen-bond donors (Lipinski definition) is 2. The monoisotopic (exact) mass is 227 g/mol. The molecule has 0 amide bonds. The van der Waals surface area contributed by atoms with Crippen molar-refractivity contribution in [3.8, 4) is 0 Å². The maximum atomic E-state index is 10.1. The van der Waals surface area contributed by atoms with E-state index in [2.05, 4.69) is 33.0 Å². The topological polar surface area (TPSA) is 32.3 Å². The van der Waals surface area contributed by atoms with E-state index in [1.165, 1.54) is 19.3 Å². The van der Waals surface area contributed by atoms with E-state index in [4.69, 9.17) is 0 Å². The Hall–Kier alpha value is -0.0800. The zero-order chi connectivity index (χ0) is 12.2. The maximum Gasteiger partial charge on any atom is 0.0771 e. The van der Waals surface area contributed by atoms with Gasteiger partial charge < -0.3 is 10.4 Å². The van der Waals surface area contributed by atoms with Gasteiger partial charge in [-0.3, -0.25) is 0 Å². The summed E-state index contributed by atoms with van der Waals surface area (Å²) < 4.78 is 0. The highest BCUT2D eigenvalue weighted by molar-refractivity contribution is 4.90. The normalized spacial score (nSPS) is 19.5. The first-order valence-corrected chi connectivity index (χ1v) is 6.87. The molecule has 1 aliphatic rings. The highest BCUT2D eigenvalue weighted by atomic mass is 16.3. The lowest BCUT2D eigenvalue weighted by molar-refractivity contribution is -0.0340. The first kappa shape index (κ1) is 14.0. The summed E-state index contributed by atoms with van der Waals surface area (Å²) in [6.07, 6.45) is 5.59. The Morgan fingerprint density at radius 2 is 1.56 bits per heavy atom. The fraction of sp³-hybridized carbons (Fsp3) is 1.00. The van der Waals surface area contributed by atoms with Crippen molar-refractivity contribution < 1.29 is 5.11 Å². The minimum absolute atomic E-state index is 0.383. The lowest BCUT2D eigenvalue weighted by Gasteiger charge is -2.38. The van der Waals surface area contributed by atoms with Crippen molar-refractivity contribution in [2.24, 2.45) is 11.8 Å². The van der Waals surface area contributed by atoms with Crippen LogP contribution in [0.2, 0.25) is 0 Å². The van der Waals surface area contributed by atoms with Crippen molar-refractivity contribution >= 4 is 0 Å². The molecule has 0 atom stereocenters. The molecular formula is C14H29NO. The van der Waals surface area contributed by atoms with Crippen LogP contribution in [0.3, 0.4) is 0 Å². The Kier molecular flexibility index (Phi) is 5.26. The first-order chi connectivity index (χ1) is 7.41. The van der Waals surface area contributed by atoms with Crippen molar-refractivity contribution in [1.29, 1.82) is 0 Å². The number of aliphatic hydroxyl groups is 1. The van der Waals surface area contributed by atoms with E-state index in [0.717, 1.165) is 31.2 Å². The van der Waals surface area contributed by atoms with Crippen LogP contribution in [0.1, 0.15) is 59.8 Å². The standard InChI is InChI=1S/C14H29NO/c1-11(2)8-13(9-12(3)4)15-10-14(16)6-5-7-14/h11-13,15-16H,5-10H2,1-4H3. The summed E-state index contributed by atoms with van der Waals surface area (Å²) in [7, 11) is 0. The van der Waals surface area contributed by atoms with Crippen molar-refractivity contribution in [1.82, 2.24) is 5.32 Å². The van der Waals surface area contributed by atoms with Gasteiger partial charge in [0.2, 0.25) is 0 Å². The van der Waals surface area contributed by atoms with Crippen molar-refractivity contribution in [2.45, 2.75) is 71.4 Å². The highest BCUT2D eigenvalue weighted by Crippen LogP contribution is 2.31. The predicted octanol–water partition coefficient (Wildman–Crippen LogP) is 2.95. The van der Waals surface area contributed by atoms with Crippen molar-refractivity contribution in [3.63, 3.8) is 0 Å². The zero-order valence-electron chi connectivity index (χ0n) is 11.4. The molecular weight excluding hydrogens is 198 g/mol. The van der Waals surface area contributed by atoms with Crippen LogP contribution in [0, 0.1) is 11.8 Å². The van der Waals surface area contributed by atoms with Crippen LogP contribution >= 0.6 is 0 Å². The molecule has 2 N–H and O–H groups in total. The molecule has 1 fully saturated rings. The molecule has 1 saturated carbocycles. The van der Waals surface area contributed by atoms with Gasteiger partial charge in [0.15, 0.2) is 0 Å². The van der Waals surface area contributed by atoms with Crippen molar-refractivity contribution in [2.75, 3.05) is 6.54 Å². The molecule has 16 heavy (non-hydrogen) atoms. The molecule has 0 aliphatic heterocycles. The molecule has 0 aromatic rings. The molecule has 96 valence electrons. The summed E-state index contributed by atoms with van der Waals surface area (Å²) in [6.45, 7) is 9.87. The summed E-state index contributed by atoms with van der Waals surface area (Å²) in [4.78, 5) is 0. The SMILES string of the molecule is CC(C)CC(CC(C)C)NCC1(O)CCC1. The summed E-state index contributed by atoms with van der Waals surface area (Å²) in [5.74, 6) is 1.46. The van der Waals surface area contributed by atoms with Crippen LogP contribution in [-0.2, 0) is 0 Å². The molecule has 0 unspecified atom stereocenters. The van der Waals surface area contributed by atoms with E-state index in [1.54, 1.807) is 0 Å². The quantitative estimate of drug-likeness (QED) is 0.701. The second-order valence-electron chi connectivity index (χ2n) is 6.41. The summed E-state index contributed by atoms with van der Waals surface area (Å²) in [6, 6.07) is 0.574. The van der Waals surface area contributed by atoms with E-state index in [9.17, 15) is 5.11 Å². The summed E-state index contributed by atoms with van der Waals surface area (Å²) >= 11 is 0. The van der Waals surface area contributed by atoms with Gasteiger partial charge in [-0.25, -0.2) is 0 Å². The Morgan fingerprint density at radius 3 is 1.88 bits per heavy atom. The van der Waals surface area contributed by atoms with Crippen LogP contribution in [-0.4, -0.2) is 23.3 Å². The van der Waals surface area contributed by atoms with Crippen LogP contribution in [0.25, 0.3) is 0 Å². The van der Waals surface area contributed by atoms with Gasteiger partial charge in [-0.2, -0.15) is 0 Å². The van der Waals surface area contributed by atoms with Gasteiger partial charge in [0.05, 0.1) is 5.60 Å². The van der Waals surface area contributed by atoms with Gasteiger partial charge >= 0.3 is 0 Å². The Morgan fingerprint density at radius 1 is 1.06 bits per heavy atom. The Bertz CT molecular complexity index is 187. The fourth-order valence-electron chi connectivity index (χ4n) is 2.50. The Labute approximate surface area is 101 Å². The van der Waals surface area contributed by atoms with E-state index >= 15 is 0 Å². The molecule has 0 spiro atoms. The summed E-state index contributed by atoms with van der Waals surface area (Å²) in [5, 5.41) is 13.6. The molecule has 2 heteroatoms. The number of nitrogens with one attached hydrogen (secondary N) is 1. The largest absolute Gasteiger partial charge is 0.389 e.